The number of halogens is 1. The molecule has 0 unspecified atom stereocenters. The number of hydrogen-bond donors (Lipinski definition) is 3. The van der Waals surface area contributed by atoms with Gasteiger partial charge < -0.3 is 5.43 Å². The van der Waals surface area contributed by atoms with E-state index >= 15 is 0 Å². The zero-order valence-electron chi connectivity index (χ0n) is 10.6. The smallest absolute Gasteiger partial charge is 0.262 e. The van der Waals surface area contributed by atoms with E-state index in [0.29, 0.717) is 10.7 Å². The quantitative estimate of drug-likeness (QED) is 0.593. The Morgan fingerprint density at radius 1 is 1.25 bits per heavy atom. The summed E-state index contributed by atoms with van der Waals surface area (Å²) in [5, 5.41) is 0.545. The van der Waals surface area contributed by atoms with Gasteiger partial charge >= 0.3 is 0 Å². The van der Waals surface area contributed by atoms with Crippen molar-refractivity contribution in [1.82, 2.24) is 4.98 Å². The molecule has 0 aliphatic heterocycles. The van der Waals surface area contributed by atoms with Crippen molar-refractivity contribution < 1.29 is 8.42 Å². The highest BCUT2D eigenvalue weighted by Gasteiger charge is 2.16. The third-order valence-corrected chi connectivity index (χ3v) is 4.22. The molecule has 0 amide bonds. The van der Waals surface area contributed by atoms with E-state index in [9.17, 15) is 8.42 Å². The molecule has 0 aliphatic rings. The fraction of sp³-hybridized carbons (Fsp3) is 0.0833. The van der Waals surface area contributed by atoms with Crippen molar-refractivity contribution in [2.24, 2.45) is 5.84 Å². The first kappa shape index (κ1) is 14.6. The molecule has 0 bridgehead atoms. The summed E-state index contributed by atoms with van der Waals surface area (Å²) in [7, 11) is -3.71. The number of benzene rings is 1. The molecule has 2 rings (SSSR count). The lowest BCUT2D eigenvalue weighted by molar-refractivity contribution is 0.601. The lowest BCUT2D eigenvalue weighted by atomic mass is 10.2. The Labute approximate surface area is 122 Å². The molecule has 0 fully saturated rings. The number of nitrogens with one attached hydrogen (secondary N) is 2. The van der Waals surface area contributed by atoms with Crippen LogP contribution in [-0.4, -0.2) is 13.4 Å². The van der Waals surface area contributed by atoms with Gasteiger partial charge in [0.05, 0.1) is 10.6 Å². The standard InChI is InChI=1S/C12H13ClN4O2S/c1-8-6-9(13)2-3-11(8)17-20(18,19)10-4-5-15-12(7-10)16-14/h2-7,17H,14H2,1H3,(H,15,16). The van der Waals surface area contributed by atoms with Gasteiger partial charge in [-0.15, -0.1) is 0 Å². The van der Waals surface area contributed by atoms with Gasteiger partial charge in [-0.05, 0) is 36.8 Å². The molecule has 0 saturated heterocycles. The number of rotatable bonds is 4. The predicted molar refractivity (Wildman–Crippen MR) is 79.0 cm³/mol. The maximum absolute atomic E-state index is 12.3. The highest BCUT2D eigenvalue weighted by molar-refractivity contribution is 7.92. The minimum Gasteiger partial charge on any atom is -0.308 e. The maximum atomic E-state index is 12.3. The first-order valence-corrected chi connectivity index (χ1v) is 7.50. The Morgan fingerprint density at radius 3 is 2.65 bits per heavy atom. The third kappa shape index (κ3) is 3.19. The Bertz CT molecular complexity index is 734. The van der Waals surface area contributed by atoms with Gasteiger partial charge in [0.2, 0.25) is 0 Å². The van der Waals surface area contributed by atoms with Gasteiger partial charge in [0.1, 0.15) is 5.82 Å². The number of nitrogens with zero attached hydrogens (tertiary/aromatic N) is 1. The Balaban J connectivity index is 2.35. The number of pyridine rings is 1. The van der Waals surface area contributed by atoms with Gasteiger partial charge in [0, 0.05) is 17.3 Å². The van der Waals surface area contributed by atoms with Crippen LogP contribution < -0.4 is 16.0 Å². The summed E-state index contributed by atoms with van der Waals surface area (Å²) in [5.74, 6) is 5.48. The largest absolute Gasteiger partial charge is 0.308 e. The van der Waals surface area contributed by atoms with Crippen molar-refractivity contribution in [3.63, 3.8) is 0 Å². The molecule has 8 heteroatoms. The van der Waals surface area contributed by atoms with Crippen molar-refractivity contribution >= 4 is 33.1 Å². The molecule has 1 heterocycles. The zero-order valence-corrected chi connectivity index (χ0v) is 12.2. The van der Waals surface area contributed by atoms with Gasteiger partial charge in [-0.25, -0.2) is 19.2 Å². The molecule has 4 N–H and O–H groups in total. The summed E-state index contributed by atoms with van der Waals surface area (Å²) in [6, 6.07) is 7.63. The third-order valence-electron chi connectivity index (χ3n) is 2.62. The fourth-order valence-electron chi connectivity index (χ4n) is 1.60. The number of nitrogens with two attached hydrogens (primary N) is 1. The van der Waals surface area contributed by atoms with Crippen molar-refractivity contribution in [3.8, 4) is 0 Å². The zero-order chi connectivity index (χ0) is 14.8. The summed E-state index contributed by atoms with van der Waals surface area (Å²) < 4.78 is 27.0. The van der Waals surface area contributed by atoms with Gasteiger partial charge in [0.25, 0.3) is 10.0 Å². The van der Waals surface area contributed by atoms with E-state index in [1.54, 1.807) is 25.1 Å². The molecule has 20 heavy (non-hydrogen) atoms. The molecular weight excluding hydrogens is 300 g/mol. The lowest BCUT2D eigenvalue weighted by Gasteiger charge is -2.11. The first-order chi connectivity index (χ1) is 9.42. The van der Waals surface area contributed by atoms with Crippen LogP contribution in [0.5, 0.6) is 0 Å². The Morgan fingerprint density at radius 2 is 2.00 bits per heavy atom. The Kier molecular flexibility index (Phi) is 4.12. The molecule has 0 aliphatic carbocycles. The second-order valence-electron chi connectivity index (χ2n) is 4.09. The number of nitrogen functional groups attached to an aromatic ring is 1. The van der Waals surface area contributed by atoms with E-state index < -0.39 is 10.0 Å². The second kappa shape index (κ2) is 5.66. The molecular formula is C12H13ClN4O2S. The van der Waals surface area contributed by atoms with Crippen LogP contribution in [0.4, 0.5) is 11.5 Å². The summed E-state index contributed by atoms with van der Waals surface area (Å²) >= 11 is 5.84. The second-order valence-corrected chi connectivity index (χ2v) is 6.20. The van der Waals surface area contributed by atoms with Crippen LogP contribution in [0, 0.1) is 6.92 Å². The minimum atomic E-state index is -3.71. The average molecular weight is 313 g/mol. The molecule has 1 aromatic heterocycles. The predicted octanol–water partition coefficient (Wildman–Crippen LogP) is 2.13. The van der Waals surface area contributed by atoms with Gasteiger partial charge in [-0.3, -0.25) is 4.72 Å². The van der Waals surface area contributed by atoms with Gasteiger partial charge in [0.15, 0.2) is 0 Å². The van der Waals surface area contributed by atoms with E-state index in [-0.39, 0.29) is 10.7 Å². The first-order valence-electron chi connectivity index (χ1n) is 5.64. The number of sulfonamides is 1. The van der Waals surface area contributed by atoms with Crippen LogP contribution in [0.1, 0.15) is 5.56 Å². The number of hydrogen-bond acceptors (Lipinski definition) is 5. The average Bonchev–Trinajstić information content (AvgIpc) is 2.42. The van der Waals surface area contributed by atoms with E-state index in [4.69, 9.17) is 17.4 Å². The molecule has 1 aromatic carbocycles. The topological polar surface area (TPSA) is 97.1 Å². The highest BCUT2D eigenvalue weighted by atomic mass is 35.5. The van der Waals surface area contributed by atoms with Crippen molar-refractivity contribution in [2.45, 2.75) is 11.8 Å². The molecule has 106 valence electrons. The van der Waals surface area contributed by atoms with E-state index in [0.717, 1.165) is 5.56 Å². The summed E-state index contributed by atoms with van der Waals surface area (Å²) in [6.07, 6.45) is 1.36. The fourth-order valence-corrected chi connectivity index (χ4v) is 2.97. The van der Waals surface area contributed by atoms with Crippen LogP contribution >= 0.6 is 11.6 Å². The van der Waals surface area contributed by atoms with Gasteiger partial charge in [-0.2, -0.15) is 0 Å². The molecule has 6 nitrogen and oxygen atoms in total. The van der Waals surface area contributed by atoms with Crippen molar-refractivity contribution in [2.75, 3.05) is 10.1 Å². The van der Waals surface area contributed by atoms with Gasteiger partial charge in [-0.1, -0.05) is 11.6 Å². The van der Waals surface area contributed by atoms with Crippen LogP contribution in [0.2, 0.25) is 5.02 Å². The van der Waals surface area contributed by atoms with E-state index in [1.807, 2.05) is 0 Å². The number of aromatic nitrogens is 1. The lowest BCUT2D eigenvalue weighted by Crippen LogP contribution is -2.15. The van der Waals surface area contributed by atoms with Crippen molar-refractivity contribution in [1.29, 1.82) is 0 Å². The minimum absolute atomic E-state index is 0.0646. The van der Waals surface area contributed by atoms with Crippen LogP contribution in [0.25, 0.3) is 0 Å². The normalized spacial score (nSPS) is 11.2. The Hall–Kier alpha value is -1.83. The molecule has 0 spiro atoms. The molecule has 0 atom stereocenters. The van der Waals surface area contributed by atoms with E-state index in [2.05, 4.69) is 15.1 Å². The summed E-state index contributed by atoms with van der Waals surface area (Å²) in [4.78, 5) is 3.93. The van der Waals surface area contributed by atoms with Crippen LogP contribution in [0.3, 0.4) is 0 Å². The summed E-state index contributed by atoms with van der Waals surface area (Å²) in [5.41, 5.74) is 3.50. The molecule has 0 radical (unpaired) electrons. The van der Waals surface area contributed by atoms with E-state index in [1.165, 1.54) is 18.3 Å². The summed E-state index contributed by atoms with van der Waals surface area (Å²) in [6.45, 7) is 1.77. The number of anilines is 2. The molecule has 2 aromatic rings. The monoisotopic (exact) mass is 312 g/mol. The molecule has 0 saturated carbocycles. The SMILES string of the molecule is Cc1cc(Cl)ccc1NS(=O)(=O)c1ccnc(NN)c1. The van der Waals surface area contributed by atoms with Crippen molar-refractivity contribution in [3.05, 3.63) is 47.1 Å². The van der Waals surface area contributed by atoms with Crippen LogP contribution in [-0.2, 0) is 10.0 Å². The maximum Gasteiger partial charge on any atom is 0.262 e. The highest BCUT2D eigenvalue weighted by Crippen LogP contribution is 2.23. The number of aryl methyl sites for hydroxylation is 1. The number of hydrazine groups is 1. The van der Waals surface area contributed by atoms with Crippen LogP contribution in [0.15, 0.2) is 41.4 Å².